The van der Waals surface area contributed by atoms with Crippen molar-refractivity contribution in [2.75, 3.05) is 34.5 Å². The summed E-state index contributed by atoms with van der Waals surface area (Å²) in [7, 11) is 4.25. The number of benzene rings is 2. The Morgan fingerprint density at radius 1 is 1.15 bits per heavy atom. The second-order valence-corrected chi connectivity index (χ2v) is 11.2. The number of fused-ring (bicyclic) bond motifs is 1. The van der Waals surface area contributed by atoms with Gasteiger partial charge in [-0.25, -0.2) is 14.6 Å². The highest BCUT2D eigenvalue weighted by atomic mass is 127. The summed E-state index contributed by atoms with van der Waals surface area (Å²) in [6.07, 6.45) is 1.70. The van der Waals surface area contributed by atoms with Crippen molar-refractivity contribution < 1.29 is 33.3 Å². The molecule has 0 spiro atoms. The minimum Gasteiger partial charge on any atom is -0.496 e. The lowest BCUT2D eigenvalue weighted by Crippen LogP contribution is -2.40. The van der Waals surface area contributed by atoms with Gasteiger partial charge in [0.15, 0.2) is 22.9 Å². The number of carbonyl (C=O) groups is 2. The third-order valence-electron chi connectivity index (χ3n) is 6.10. The standard InChI is InChI=1S/C28H26ClIN2O8S/c1-6-39-22(33)13-40-25-18(30)9-15(10-20(25)37-4)11-21-26(34)32-24(17-12-16(29)7-8-19(17)36-3)23(27(35)38-5)14(2)31-28(32)41-21/h7-12,24H,6,13H2,1-5H3/b21-11-/t24-/m0/s1. The number of esters is 2. The van der Waals surface area contributed by atoms with Crippen LogP contribution in [0.25, 0.3) is 6.08 Å². The number of carbonyl (C=O) groups excluding carboxylic acids is 2. The van der Waals surface area contributed by atoms with Crippen LogP contribution in [0.2, 0.25) is 5.02 Å². The van der Waals surface area contributed by atoms with Crippen LogP contribution in [-0.2, 0) is 19.1 Å². The van der Waals surface area contributed by atoms with E-state index in [4.69, 9.17) is 35.3 Å². The van der Waals surface area contributed by atoms with Gasteiger partial charge in [-0.05, 0) is 78.4 Å². The number of hydrogen-bond donors (Lipinski definition) is 0. The van der Waals surface area contributed by atoms with E-state index in [0.29, 0.717) is 52.0 Å². The summed E-state index contributed by atoms with van der Waals surface area (Å²) in [5.41, 5.74) is 1.41. The number of thiazole rings is 1. The number of methoxy groups -OCH3 is 3. The van der Waals surface area contributed by atoms with E-state index < -0.39 is 18.0 Å². The molecule has 2 heterocycles. The van der Waals surface area contributed by atoms with Crippen molar-refractivity contribution in [3.05, 3.63) is 81.0 Å². The Kier molecular flexibility index (Phi) is 9.76. The lowest BCUT2D eigenvalue weighted by atomic mass is 9.95. The molecular weight excluding hydrogens is 687 g/mol. The zero-order valence-electron chi connectivity index (χ0n) is 22.8. The molecule has 0 unspecified atom stereocenters. The molecule has 0 bridgehead atoms. The van der Waals surface area contributed by atoms with E-state index in [2.05, 4.69) is 27.6 Å². The van der Waals surface area contributed by atoms with E-state index in [9.17, 15) is 14.4 Å². The minimum absolute atomic E-state index is 0.200. The molecule has 3 aromatic rings. The molecule has 0 radical (unpaired) electrons. The topological polar surface area (TPSA) is 115 Å². The predicted octanol–water partition coefficient (Wildman–Crippen LogP) is 3.63. The van der Waals surface area contributed by atoms with E-state index in [1.165, 1.54) is 37.2 Å². The second kappa shape index (κ2) is 13.1. The van der Waals surface area contributed by atoms with Crippen molar-refractivity contribution in [3.63, 3.8) is 0 Å². The summed E-state index contributed by atoms with van der Waals surface area (Å²) in [5, 5.41) is 0.411. The number of rotatable bonds is 9. The van der Waals surface area contributed by atoms with Gasteiger partial charge in [0.2, 0.25) is 0 Å². The number of allylic oxidation sites excluding steroid dienone is 1. The van der Waals surface area contributed by atoms with Crippen LogP contribution in [-0.4, -0.2) is 51.0 Å². The monoisotopic (exact) mass is 712 g/mol. The van der Waals surface area contributed by atoms with Gasteiger partial charge in [-0.15, -0.1) is 0 Å². The molecule has 13 heteroatoms. The fourth-order valence-corrected chi connectivity index (χ4v) is 6.36. The maximum atomic E-state index is 13.9. The molecule has 4 rings (SSSR count). The van der Waals surface area contributed by atoms with Crippen molar-refractivity contribution >= 4 is 63.5 Å². The fourth-order valence-electron chi connectivity index (χ4n) is 4.35. The second-order valence-electron chi connectivity index (χ2n) is 8.59. The zero-order chi connectivity index (χ0) is 29.8. The molecule has 1 atom stereocenters. The van der Waals surface area contributed by atoms with Gasteiger partial charge in [-0.3, -0.25) is 9.36 Å². The molecule has 0 saturated heterocycles. The minimum atomic E-state index is -0.886. The van der Waals surface area contributed by atoms with Crippen LogP contribution >= 0.6 is 45.5 Å². The highest BCUT2D eigenvalue weighted by Crippen LogP contribution is 2.37. The Labute approximate surface area is 257 Å². The zero-order valence-corrected chi connectivity index (χ0v) is 26.5. The van der Waals surface area contributed by atoms with Crippen LogP contribution in [0, 0.1) is 3.57 Å². The third-order valence-corrected chi connectivity index (χ3v) is 8.12. The summed E-state index contributed by atoms with van der Waals surface area (Å²) in [5.74, 6) is 0.0906. The SMILES string of the molecule is CCOC(=O)COc1c(I)cc(/C=c2\sc3n(c2=O)[C@@H](c2cc(Cl)ccc2OC)C(C(=O)OC)=C(C)N=3)cc1OC. The average Bonchev–Trinajstić information content (AvgIpc) is 3.24. The Hall–Kier alpha value is -3.36. The number of halogens is 2. The van der Waals surface area contributed by atoms with Crippen molar-refractivity contribution in [1.29, 1.82) is 0 Å². The highest BCUT2D eigenvalue weighted by Gasteiger charge is 2.35. The maximum Gasteiger partial charge on any atom is 0.344 e. The third kappa shape index (κ3) is 6.28. The van der Waals surface area contributed by atoms with Gasteiger partial charge in [-0.2, -0.15) is 0 Å². The van der Waals surface area contributed by atoms with Gasteiger partial charge in [0.05, 0.1) is 47.3 Å². The summed E-state index contributed by atoms with van der Waals surface area (Å²) in [6, 6.07) is 7.61. The molecule has 0 N–H and O–H groups in total. The molecule has 0 saturated carbocycles. The fraction of sp³-hybridized carbons (Fsp3) is 0.286. The van der Waals surface area contributed by atoms with Crippen LogP contribution in [0.5, 0.6) is 17.2 Å². The molecule has 1 aliphatic rings. The maximum absolute atomic E-state index is 13.9. The number of ether oxygens (including phenoxy) is 5. The van der Waals surface area contributed by atoms with Gasteiger partial charge >= 0.3 is 11.9 Å². The van der Waals surface area contributed by atoms with E-state index in [-0.39, 0.29) is 24.3 Å². The van der Waals surface area contributed by atoms with Gasteiger partial charge < -0.3 is 23.7 Å². The van der Waals surface area contributed by atoms with Crippen LogP contribution in [0.4, 0.5) is 0 Å². The normalized spacial score (nSPS) is 14.7. The molecule has 216 valence electrons. The average molecular weight is 713 g/mol. The Bertz CT molecular complexity index is 1730. The van der Waals surface area contributed by atoms with Crippen LogP contribution in [0.15, 0.2) is 51.4 Å². The number of hydrogen-bond acceptors (Lipinski definition) is 10. The van der Waals surface area contributed by atoms with Crippen LogP contribution < -0.4 is 29.1 Å². The van der Waals surface area contributed by atoms with Gasteiger partial charge in [0, 0.05) is 10.6 Å². The van der Waals surface area contributed by atoms with Gasteiger partial charge in [-0.1, -0.05) is 22.9 Å². The quantitative estimate of drug-likeness (QED) is 0.244. The lowest BCUT2D eigenvalue weighted by Gasteiger charge is -2.25. The first-order valence-electron chi connectivity index (χ1n) is 12.2. The summed E-state index contributed by atoms with van der Waals surface area (Å²) in [4.78, 5) is 43.6. The van der Waals surface area contributed by atoms with Crippen LogP contribution in [0.3, 0.4) is 0 Å². The van der Waals surface area contributed by atoms with E-state index in [1.807, 2.05) is 0 Å². The van der Waals surface area contributed by atoms with Gasteiger partial charge in [0.1, 0.15) is 11.8 Å². The van der Waals surface area contributed by atoms with Crippen molar-refractivity contribution in [3.8, 4) is 17.2 Å². The van der Waals surface area contributed by atoms with E-state index in [0.717, 1.165) is 0 Å². The van der Waals surface area contributed by atoms with Gasteiger partial charge in [0.25, 0.3) is 5.56 Å². The van der Waals surface area contributed by atoms with Crippen molar-refractivity contribution in [1.82, 2.24) is 4.57 Å². The molecule has 1 aliphatic heterocycles. The largest absolute Gasteiger partial charge is 0.496 e. The first-order valence-corrected chi connectivity index (χ1v) is 14.5. The Morgan fingerprint density at radius 3 is 2.54 bits per heavy atom. The Morgan fingerprint density at radius 2 is 1.88 bits per heavy atom. The molecule has 0 amide bonds. The van der Waals surface area contributed by atoms with E-state index >= 15 is 0 Å². The number of aromatic nitrogens is 1. The molecule has 1 aromatic heterocycles. The van der Waals surface area contributed by atoms with Crippen LogP contribution in [0.1, 0.15) is 31.0 Å². The number of nitrogens with zero attached hydrogens (tertiary/aromatic N) is 2. The smallest absolute Gasteiger partial charge is 0.344 e. The first kappa shape index (κ1) is 30.6. The Balaban J connectivity index is 1.87. The predicted molar refractivity (Wildman–Crippen MR) is 162 cm³/mol. The molecule has 10 nitrogen and oxygen atoms in total. The summed E-state index contributed by atoms with van der Waals surface area (Å²) < 4.78 is 29.2. The lowest BCUT2D eigenvalue weighted by molar-refractivity contribution is -0.145. The summed E-state index contributed by atoms with van der Waals surface area (Å²) >= 11 is 9.57. The molecule has 41 heavy (non-hydrogen) atoms. The summed E-state index contributed by atoms with van der Waals surface area (Å²) in [6.45, 7) is 3.38. The van der Waals surface area contributed by atoms with Crippen molar-refractivity contribution in [2.45, 2.75) is 19.9 Å². The van der Waals surface area contributed by atoms with E-state index in [1.54, 1.807) is 50.3 Å². The molecule has 0 aliphatic carbocycles. The first-order chi connectivity index (χ1) is 19.6. The molecule has 2 aromatic carbocycles. The molecular formula is C28H26ClIN2O8S. The highest BCUT2D eigenvalue weighted by molar-refractivity contribution is 14.1. The van der Waals surface area contributed by atoms with Crippen molar-refractivity contribution in [2.24, 2.45) is 4.99 Å². The molecule has 0 fully saturated rings.